The number of carboxylic acid groups (broad SMARTS) is 1. The Morgan fingerprint density at radius 2 is 1.76 bits per heavy atom. The topological polar surface area (TPSA) is 69.6 Å². The number of carboxylic acids is 1. The highest BCUT2D eigenvalue weighted by molar-refractivity contribution is 5.85. The Morgan fingerprint density at radius 1 is 1.10 bits per heavy atom. The summed E-state index contributed by atoms with van der Waals surface area (Å²) in [5.74, 6) is -0.982. The van der Waals surface area contributed by atoms with E-state index in [0.717, 1.165) is 18.2 Å². The predicted molar refractivity (Wildman–Crippen MR) is 81.2 cm³/mol. The lowest BCUT2D eigenvalue weighted by molar-refractivity contribution is -0.136. The fourth-order valence-corrected chi connectivity index (χ4v) is 2.98. The third kappa shape index (κ3) is 3.06. The van der Waals surface area contributed by atoms with Gasteiger partial charge in [-0.1, -0.05) is 24.3 Å². The van der Waals surface area contributed by atoms with Crippen LogP contribution in [0.4, 0.5) is 0 Å². The number of fused-ring (bicyclic) bond motifs is 2. The molecule has 3 rings (SSSR count). The Balaban J connectivity index is 1.90. The summed E-state index contributed by atoms with van der Waals surface area (Å²) in [5, 5.41) is 23.5. The molecule has 4 nitrogen and oxygen atoms in total. The van der Waals surface area contributed by atoms with Crippen LogP contribution in [0.5, 0.6) is 0 Å². The minimum absolute atomic E-state index is 0.261. The van der Waals surface area contributed by atoms with Crippen LogP contribution in [0.2, 0.25) is 0 Å². The summed E-state index contributed by atoms with van der Waals surface area (Å²) in [6.45, 7) is -0.261. The lowest BCUT2D eigenvalue weighted by Gasteiger charge is -2.18. The summed E-state index contributed by atoms with van der Waals surface area (Å²) in [6.07, 6.45) is 3.81. The molecule has 0 bridgehead atoms. The smallest absolute Gasteiger partial charge is 0.317 e. The van der Waals surface area contributed by atoms with Crippen LogP contribution in [0, 0.1) is 0 Å². The number of aryl methyl sites for hydroxylation is 2. The van der Waals surface area contributed by atoms with E-state index in [1.54, 1.807) is 0 Å². The number of rotatable bonds is 4. The second-order valence-electron chi connectivity index (χ2n) is 5.61. The van der Waals surface area contributed by atoms with E-state index in [-0.39, 0.29) is 6.54 Å². The van der Waals surface area contributed by atoms with Crippen molar-refractivity contribution in [3.8, 4) is 0 Å². The van der Waals surface area contributed by atoms with Crippen LogP contribution in [0.3, 0.4) is 0 Å². The molecule has 0 aromatic heterocycles. The Bertz CT molecular complexity index is 681. The molecule has 0 radical (unpaired) electrons. The van der Waals surface area contributed by atoms with E-state index in [1.807, 2.05) is 18.2 Å². The van der Waals surface area contributed by atoms with Crippen molar-refractivity contribution in [2.24, 2.45) is 0 Å². The van der Waals surface area contributed by atoms with Crippen molar-refractivity contribution < 1.29 is 15.0 Å². The minimum Gasteiger partial charge on any atom is -0.480 e. The van der Waals surface area contributed by atoms with E-state index in [1.165, 1.54) is 29.4 Å². The van der Waals surface area contributed by atoms with E-state index in [2.05, 4.69) is 17.4 Å². The van der Waals surface area contributed by atoms with E-state index < -0.39 is 12.2 Å². The average Bonchev–Trinajstić information content (AvgIpc) is 2.50. The lowest BCUT2D eigenvalue weighted by atomic mass is 9.89. The summed E-state index contributed by atoms with van der Waals surface area (Å²) >= 11 is 0. The third-order valence-electron chi connectivity index (χ3n) is 4.09. The molecule has 4 heteroatoms. The molecule has 1 unspecified atom stereocenters. The minimum atomic E-state index is -0.982. The van der Waals surface area contributed by atoms with Gasteiger partial charge in [0.05, 0.1) is 6.54 Å². The number of hydrogen-bond donors (Lipinski definition) is 3. The molecule has 0 fully saturated rings. The molecule has 0 amide bonds. The second-order valence-corrected chi connectivity index (χ2v) is 5.61. The fraction of sp³-hybridized carbons (Fsp3) is 0.353. The quantitative estimate of drug-likeness (QED) is 0.754. The van der Waals surface area contributed by atoms with Gasteiger partial charge in [0.25, 0.3) is 0 Å². The van der Waals surface area contributed by atoms with Crippen LogP contribution in [-0.2, 0) is 17.6 Å². The highest BCUT2D eigenvalue weighted by Gasteiger charge is 2.12. The number of aliphatic hydroxyl groups excluding tert-OH is 1. The van der Waals surface area contributed by atoms with Crippen LogP contribution >= 0.6 is 0 Å². The van der Waals surface area contributed by atoms with Gasteiger partial charge in [0.15, 0.2) is 0 Å². The molecular weight excluding hydrogens is 266 g/mol. The van der Waals surface area contributed by atoms with Gasteiger partial charge in [0.1, 0.15) is 6.23 Å². The Morgan fingerprint density at radius 3 is 2.43 bits per heavy atom. The van der Waals surface area contributed by atoms with Crippen molar-refractivity contribution >= 4 is 16.7 Å². The summed E-state index contributed by atoms with van der Waals surface area (Å²) in [6, 6.07) is 10.2. The standard InChI is InChI=1S/C17H19NO3/c19-16(20)10-18-17(21)14-6-5-13-7-11-3-1-2-4-12(11)8-15(13)9-14/h5-9,17-18,21H,1-4,10H2,(H,19,20). The molecule has 21 heavy (non-hydrogen) atoms. The predicted octanol–water partition coefficient (Wildman–Crippen LogP) is 2.38. The summed E-state index contributed by atoms with van der Waals surface area (Å²) in [5.41, 5.74) is 3.53. The molecule has 110 valence electrons. The molecule has 2 aromatic rings. The maximum absolute atomic E-state index is 10.5. The van der Waals surface area contributed by atoms with E-state index in [4.69, 9.17) is 5.11 Å². The SMILES string of the molecule is O=C(O)CNC(O)c1ccc2cc3c(cc2c1)CCCC3. The Kier molecular flexibility index (Phi) is 3.90. The molecule has 1 aliphatic carbocycles. The van der Waals surface area contributed by atoms with Crippen molar-refractivity contribution in [3.63, 3.8) is 0 Å². The molecule has 1 aliphatic rings. The van der Waals surface area contributed by atoms with Gasteiger partial charge >= 0.3 is 5.97 Å². The van der Waals surface area contributed by atoms with Crippen LogP contribution < -0.4 is 5.32 Å². The van der Waals surface area contributed by atoms with Gasteiger partial charge in [0.2, 0.25) is 0 Å². The molecule has 0 spiro atoms. The first-order valence-corrected chi connectivity index (χ1v) is 7.32. The van der Waals surface area contributed by atoms with Crippen molar-refractivity contribution in [2.45, 2.75) is 31.9 Å². The normalized spacial score (nSPS) is 15.7. The third-order valence-corrected chi connectivity index (χ3v) is 4.09. The zero-order valence-corrected chi connectivity index (χ0v) is 11.8. The molecule has 0 saturated heterocycles. The monoisotopic (exact) mass is 285 g/mol. The van der Waals surface area contributed by atoms with Crippen LogP contribution in [0.25, 0.3) is 10.8 Å². The van der Waals surface area contributed by atoms with Gasteiger partial charge in [0, 0.05) is 0 Å². The molecule has 3 N–H and O–H groups in total. The highest BCUT2D eigenvalue weighted by atomic mass is 16.4. The van der Waals surface area contributed by atoms with Crippen LogP contribution in [-0.4, -0.2) is 22.7 Å². The average molecular weight is 285 g/mol. The zero-order chi connectivity index (χ0) is 14.8. The van der Waals surface area contributed by atoms with Gasteiger partial charge in [-0.15, -0.1) is 0 Å². The number of aliphatic hydroxyl groups is 1. The largest absolute Gasteiger partial charge is 0.480 e. The first-order valence-electron chi connectivity index (χ1n) is 7.32. The van der Waals surface area contributed by atoms with Gasteiger partial charge in [-0.3, -0.25) is 10.1 Å². The molecule has 0 aliphatic heterocycles. The van der Waals surface area contributed by atoms with Gasteiger partial charge in [-0.25, -0.2) is 0 Å². The van der Waals surface area contributed by atoms with Crippen molar-refractivity contribution in [2.75, 3.05) is 6.54 Å². The summed E-state index contributed by atoms with van der Waals surface area (Å²) < 4.78 is 0. The van der Waals surface area contributed by atoms with E-state index in [0.29, 0.717) is 5.56 Å². The lowest BCUT2D eigenvalue weighted by Crippen LogP contribution is -2.27. The molecule has 0 saturated carbocycles. The Hall–Kier alpha value is -1.91. The van der Waals surface area contributed by atoms with Crippen molar-refractivity contribution in [1.82, 2.24) is 5.32 Å². The summed E-state index contributed by atoms with van der Waals surface area (Å²) in [4.78, 5) is 10.5. The zero-order valence-electron chi connectivity index (χ0n) is 11.8. The van der Waals surface area contributed by atoms with Gasteiger partial charge in [-0.2, -0.15) is 0 Å². The van der Waals surface area contributed by atoms with Crippen molar-refractivity contribution in [1.29, 1.82) is 0 Å². The van der Waals surface area contributed by atoms with E-state index >= 15 is 0 Å². The number of benzene rings is 2. The van der Waals surface area contributed by atoms with Gasteiger partial charge < -0.3 is 10.2 Å². The number of carbonyl (C=O) groups is 1. The maximum atomic E-state index is 10.5. The number of nitrogens with one attached hydrogen (secondary N) is 1. The first kappa shape index (κ1) is 14.0. The molecule has 2 aromatic carbocycles. The maximum Gasteiger partial charge on any atom is 0.317 e. The molecule has 0 heterocycles. The summed E-state index contributed by atoms with van der Waals surface area (Å²) in [7, 11) is 0. The highest BCUT2D eigenvalue weighted by Crippen LogP contribution is 2.28. The van der Waals surface area contributed by atoms with E-state index in [9.17, 15) is 9.90 Å². The van der Waals surface area contributed by atoms with Crippen LogP contribution in [0.15, 0.2) is 30.3 Å². The van der Waals surface area contributed by atoms with Crippen molar-refractivity contribution in [3.05, 3.63) is 47.0 Å². The van der Waals surface area contributed by atoms with Crippen LogP contribution in [0.1, 0.15) is 35.8 Å². The Labute approximate surface area is 123 Å². The number of hydrogen-bond acceptors (Lipinski definition) is 3. The van der Waals surface area contributed by atoms with Gasteiger partial charge in [-0.05, 0) is 59.2 Å². The fourth-order valence-electron chi connectivity index (χ4n) is 2.98. The molecular formula is C17H19NO3. The number of aliphatic carboxylic acids is 1. The molecule has 1 atom stereocenters. The second kappa shape index (κ2) is 5.84. The first-order chi connectivity index (χ1) is 10.1.